The standard InChI is InChI=1S/C22H35NO6/c24-16(7-5-8-17-9-6-14-29-17)12-13-18-19(21(25)15-20(18)23-28)10-3-1-2-4-11-22(26)27/h6,9,14,16,18-19,21,24-25,28H,1-5,7-8,10-13,15H2,(H,26,27)/b23-20-/t16-,18?,19+,21-/m0/s1. The minimum absolute atomic E-state index is 0.00579. The van der Waals surface area contributed by atoms with E-state index >= 15 is 0 Å². The van der Waals surface area contributed by atoms with Crippen LogP contribution < -0.4 is 0 Å². The molecule has 4 N–H and O–H groups in total. The summed E-state index contributed by atoms with van der Waals surface area (Å²) < 4.78 is 5.30. The summed E-state index contributed by atoms with van der Waals surface area (Å²) in [6, 6.07) is 3.79. The number of carboxylic acids is 1. The second-order valence-corrected chi connectivity index (χ2v) is 8.18. The van der Waals surface area contributed by atoms with Gasteiger partial charge in [-0.15, -0.1) is 0 Å². The number of rotatable bonds is 14. The van der Waals surface area contributed by atoms with E-state index < -0.39 is 18.2 Å². The zero-order chi connectivity index (χ0) is 21.1. The van der Waals surface area contributed by atoms with E-state index in [-0.39, 0.29) is 18.3 Å². The Balaban J connectivity index is 1.71. The molecule has 7 nitrogen and oxygen atoms in total. The lowest BCUT2D eigenvalue weighted by molar-refractivity contribution is -0.137. The Morgan fingerprint density at radius 3 is 2.66 bits per heavy atom. The Labute approximate surface area is 172 Å². The van der Waals surface area contributed by atoms with Crippen LogP contribution in [0.2, 0.25) is 0 Å². The summed E-state index contributed by atoms with van der Waals surface area (Å²) in [6.07, 6.45) is 9.20. The number of nitrogens with zero attached hydrogens (tertiary/aromatic N) is 1. The summed E-state index contributed by atoms with van der Waals surface area (Å²) in [5, 5.41) is 42.2. The van der Waals surface area contributed by atoms with Crippen molar-refractivity contribution in [1.82, 2.24) is 0 Å². The lowest BCUT2D eigenvalue weighted by Crippen LogP contribution is -2.22. The van der Waals surface area contributed by atoms with Crippen molar-refractivity contribution in [2.75, 3.05) is 0 Å². The van der Waals surface area contributed by atoms with Crippen molar-refractivity contribution in [2.45, 2.75) is 89.3 Å². The fourth-order valence-electron chi connectivity index (χ4n) is 4.41. The first-order valence-electron chi connectivity index (χ1n) is 10.8. The summed E-state index contributed by atoms with van der Waals surface area (Å²) >= 11 is 0. The zero-order valence-corrected chi connectivity index (χ0v) is 17.1. The fraction of sp³-hybridized carbons (Fsp3) is 0.727. The van der Waals surface area contributed by atoms with E-state index in [4.69, 9.17) is 9.52 Å². The van der Waals surface area contributed by atoms with Gasteiger partial charge in [-0.2, -0.15) is 0 Å². The van der Waals surface area contributed by atoms with Crippen LogP contribution in [0.4, 0.5) is 0 Å². The highest BCUT2D eigenvalue weighted by atomic mass is 16.4. The molecule has 0 aromatic carbocycles. The third kappa shape index (κ3) is 8.19. The lowest BCUT2D eigenvalue weighted by atomic mass is 9.84. The molecule has 0 spiro atoms. The number of aryl methyl sites for hydroxylation is 1. The molecule has 1 saturated carbocycles. The van der Waals surface area contributed by atoms with Crippen molar-refractivity contribution < 1.29 is 29.7 Å². The first-order valence-corrected chi connectivity index (χ1v) is 10.8. The van der Waals surface area contributed by atoms with E-state index in [0.29, 0.717) is 37.8 Å². The number of unbranched alkanes of at least 4 members (excludes halogenated alkanes) is 3. The molecule has 29 heavy (non-hydrogen) atoms. The van der Waals surface area contributed by atoms with Gasteiger partial charge in [-0.1, -0.05) is 24.4 Å². The summed E-state index contributed by atoms with van der Waals surface area (Å²) in [7, 11) is 0. The third-order valence-electron chi connectivity index (χ3n) is 6.02. The van der Waals surface area contributed by atoms with Crippen molar-refractivity contribution in [2.24, 2.45) is 17.0 Å². The molecule has 1 aliphatic rings. The zero-order valence-electron chi connectivity index (χ0n) is 17.1. The molecular weight excluding hydrogens is 374 g/mol. The molecule has 0 bridgehead atoms. The number of hydrogen-bond donors (Lipinski definition) is 4. The van der Waals surface area contributed by atoms with Gasteiger partial charge in [0.1, 0.15) is 5.76 Å². The van der Waals surface area contributed by atoms with Gasteiger partial charge in [-0.3, -0.25) is 4.79 Å². The maximum atomic E-state index is 10.6. The maximum absolute atomic E-state index is 10.6. The highest BCUT2D eigenvalue weighted by Crippen LogP contribution is 2.37. The van der Waals surface area contributed by atoms with Gasteiger partial charge in [-0.25, -0.2) is 0 Å². The van der Waals surface area contributed by atoms with Crippen molar-refractivity contribution in [3.63, 3.8) is 0 Å². The lowest BCUT2D eigenvalue weighted by Gasteiger charge is -2.23. The summed E-state index contributed by atoms with van der Waals surface area (Å²) in [5.41, 5.74) is 0.635. The highest BCUT2D eigenvalue weighted by Gasteiger charge is 2.39. The molecule has 1 aromatic heterocycles. The van der Waals surface area contributed by atoms with E-state index in [1.165, 1.54) is 0 Å². The molecule has 1 heterocycles. The van der Waals surface area contributed by atoms with Crippen LogP contribution in [-0.2, 0) is 11.2 Å². The Bertz CT molecular complexity index is 615. The number of hydrogen-bond acceptors (Lipinski definition) is 6. The highest BCUT2D eigenvalue weighted by molar-refractivity contribution is 5.89. The summed E-state index contributed by atoms with van der Waals surface area (Å²) in [6.45, 7) is 0. The SMILES string of the molecule is O=C(O)CCCCCC[C@@H]1C(CC[C@@H](O)CCCc2ccco2)/C(=N\O)C[C@@H]1O. The molecule has 0 radical (unpaired) electrons. The normalized spacial score (nSPS) is 24.2. The number of aliphatic hydroxyl groups is 2. The van der Waals surface area contributed by atoms with Gasteiger partial charge in [-0.05, 0) is 56.6 Å². The van der Waals surface area contributed by atoms with Crippen molar-refractivity contribution >= 4 is 11.7 Å². The van der Waals surface area contributed by atoms with Crippen molar-refractivity contribution in [3.05, 3.63) is 24.2 Å². The summed E-state index contributed by atoms with van der Waals surface area (Å²) in [4.78, 5) is 10.6. The van der Waals surface area contributed by atoms with Gasteiger partial charge in [0.15, 0.2) is 0 Å². The molecular formula is C22H35NO6. The molecule has 0 aliphatic heterocycles. The Hall–Kier alpha value is -1.86. The monoisotopic (exact) mass is 409 g/mol. The number of aliphatic hydroxyl groups excluding tert-OH is 2. The molecule has 1 aromatic rings. The minimum atomic E-state index is -0.761. The first kappa shape index (κ1) is 23.4. The van der Waals surface area contributed by atoms with Gasteiger partial charge >= 0.3 is 5.97 Å². The van der Waals surface area contributed by atoms with Crippen LogP contribution in [0, 0.1) is 11.8 Å². The number of oxime groups is 1. The Kier molecular flexibility index (Phi) is 10.2. The van der Waals surface area contributed by atoms with Gasteiger partial charge in [0.2, 0.25) is 0 Å². The molecule has 0 saturated heterocycles. The average molecular weight is 410 g/mol. The first-order chi connectivity index (χ1) is 14.0. The molecule has 1 unspecified atom stereocenters. The second-order valence-electron chi connectivity index (χ2n) is 8.18. The van der Waals surface area contributed by atoms with Crippen LogP contribution in [0.3, 0.4) is 0 Å². The van der Waals surface area contributed by atoms with Crippen LogP contribution >= 0.6 is 0 Å². The predicted molar refractivity (Wildman–Crippen MR) is 109 cm³/mol. The second kappa shape index (κ2) is 12.6. The third-order valence-corrected chi connectivity index (χ3v) is 6.02. The van der Waals surface area contributed by atoms with Gasteiger partial charge in [0, 0.05) is 25.2 Å². The average Bonchev–Trinajstić information content (AvgIpc) is 3.30. The van der Waals surface area contributed by atoms with Crippen LogP contribution in [0.25, 0.3) is 0 Å². The van der Waals surface area contributed by atoms with Gasteiger partial charge in [0.05, 0.1) is 24.2 Å². The topological polar surface area (TPSA) is 123 Å². The molecule has 4 atom stereocenters. The number of aliphatic carboxylic acids is 1. The molecule has 1 aliphatic carbocycles. The molecule has 164 valence electrons. The number of carbonyl (C=O) groups is 1. The molecule has 0 amide bonds. The smallest absolute Gasteiger partial charge is 0.303 e. The van der Waals surface area contributed by atoms with Gasteiger partial charge < -0.3 is 24.9 Å². The van der Waals surface area contributed by atoms with Crippen LogP contribution in [0.1, 0.15) is 76.4 Å². The number of carboxylic acid groups (broad SMARTS) is 1. The van der Waals surface area contributed by atoms with E-state index in [9.17, 15) is 20.2 Å². The van der Waals surface area contributed by atoms with E-state index in [1.54, 1.807) is 6.26 Å². The predicted octanol–water partition coefficient (Wildman–Crippen LogP) is 4.00. The maximum Gasteiger partial charge on any atom is 0.303 e. The van der Waals surface area contributed by atoms with Crippen LogP contribution in [-0.4, -0.2) is 44.4 Å². The van der Waals surface area contributed by atoms with E-state index in [1.807, 2.05) is 12.1 Å². The van der Waals surface area contributed by atoms with Crippen LogP contribution in [0.5, 0.6) is 0 Å². The molecule has 1 fully saturated rings. The minimum Gasteiger partial charge on any atom is -0.481 e. The fourth-order valence-corrected chi connectivity index (χ4v) is 4.41. The Morgan fingerprint density at radius 2 is 1.97 bits per heavy atom. The van der Waals surface area contributed by atoms with Crippen molar-refractivity contribution in [1.29, 1.82) is 0 Å². The number of furan rings is 1. The van der Waals surface area contributed by atoms with E-state index in [2.05, 4.69) is 5.16 Å². The van der Waals surface area contributed by atoms with Crippen molar-refractivity contribution in [3.8, 4) is 0 Å². The Morgan fingerprint density at radius 1 is 1.17 bits per heavy atom. The largest absolute Gasteiger partial charge is 0.481 e. The van der Waals surface area contributed by atoms with Gasteiger partial charge in [0.25, 0.3) is 0 Å². The summed E-state index contributed by atoms with van der Waals surface area (Å²) in [5.74, 6) is 0.196. The van der Waals surface area contributed by atoms with Crippen LogP contribution in [0.15, 0.2) is 28.0 Å². The quantitative estimate of drug-likeness (QED) is 0.209. The molecule has 7 heteroatoms. The molecule has 2 rings (SSSR count). The van der Waals surface area contributed by atoms with E-state index in [0.717, 1.165) is 44.3 Å².